The maximum Gasteiger partial charge on any atom is 0.261 e. The number of hydrogen-bond acceptors (Lipinski definition) is 6. The van der Waals surface area contributed by atoms with Gasteiger partial charge in [0.15, 0.2) is 0 Å². The summed E-state index contributed by atoms with van der Waals surface area (Å²) in [7, 11) is 0. The minimum atomic E-state index is -0.495. The van der Waals surface area contributed by atoms with E-state index in [1.54, 1.807) is 12.1 Å². The minimum Gasteiger partial charge on any atom is -0.507 e. The first-order valence-corrected chi connectivity index (χ1v) is 6.15. The third kappa shape index (κ3) is 2.04. The third-order valence-corrected chi connectivity index (χ3v) is 3.37. The maximum atomic E-state index is 9.84. The van der Waals surface area contributed by atoms with Crippen LogP contribution in [-0.4, -0.2) is 21.9 Å². The number of anilines is 1. The molecule has 6 nitrogen and oxygen atoms in total. The fourth-order valence-electron chi connectivity index (χ4n) is 2.23. The summed E-state index contributed by atoms with van der Waals surface area (Å²) in [5, 5.41) is 13.8. The average molecular weight is 261 g/mol. The van der Waals surface area contributed by atoms with Crippen LogP contribution in [0.15, 0.2) is 22.7 Å². The molecule has 1 unspecified atom stereocenters. The van der Waals surface area contributed by atoms with Crippen LogP contribution in [0.1, 0.15) is 25.6 Å². The van der Waals surface area contributed by atoms with Gasteiger partial charge < -0.3 is 20.1 Å². The first-order valence-electron chi connectivity index (χ1n) is 6.15. The van der Waals surface area contributed by atoms with Crippen LogP contribution in [0.3, 0.4) is 0 Å². The zero-order valence-corrected chi connectivity index (χ0v) is 10.6. The van der Waals surface area contributed by atoms with Crippen molar-refractivity contribution < 1.29 is 14.4 Å². The highest BCUT2D eigenvalue weighted by molar-refractivity contribution is 5.66. The van der Waals surface area contributed by atoms with Gasteiger partial charge in [0, 0.05) is 18.4 Å². The van der Waals surface area contributed by atoms with Crippen LogP contribution in [-0.2, 0) is 10.3 Å². The Hall–Kier alpha value is -2.08. The summed E-state index contributed by atoms with van der Waals surface area (Å²) in [6, 6.07) is 4.78. The molecule has 3 rings (SSSR count). The van der Waals surface area contributed by atoms with Crippen LogP contribution in [0, 0.1) is 0 Å². The second-order valence-corrected chi connectivity index (χ2v) is 4.88. The molecule has 0 amide bonds. The van der Waals surface area contributed by atoms with Gasteiger partial charge in [0.05, 0.1) is 5.56 Å². The smallest absolute Gasteiger partial charge is 0.261 e. The van der Waals surface area contributed by atoms with Gasteiger partial charge >= 0.3 is 0 Å². The largest absolute Gasteiger partial charge is 0.507 e. The molecule has 1 aliphatic heterocycles. The molecule has 0 saturated carbocycles. The number of nitrogens with two attached hydrogens (primary N) is 1. The molecule has 1 aliphatic rings. The van der Waals surface area contributed by atoms with E-state index in [2.05, 4.69) is 10.1 Å². The second kappa shape index (κ2) is 4.24. The van der Waals surface area contributed by atoms with Gasteiger partial charge in [-0.25, -0.2) is 0 Å². The molecule has 2 aromatic rings. The Balaban J connectivity index is 1.97. The van der Waals surface area contributed by atoms with Gasteiger partial charge in [0.1, 0.15) is 11.4 Å². The number of phenols is 1. The zero-order chi connectivity index (χ0) is 13.5. The van der Waals surface area contributed by atoms with Crippen LogP contribution < -0.4 is 5.73 Å². The van der Waals surface area contributed by atoms with Crippen molar-refractivity contribution in [1.29, 1.82) is 0 Å². The monoisotopic (exact) mass is 261 g/mol. The highest BCUT2D eigenvalue weighted by atomic mass is 16.5. The van der Waals surface area contributed by atoms with E-state index in [-0.39, 0.29) is 11.6 Å². The number of hydrogen-bond donors (Lipinski definition) is 2. The van der Waals surface area contributed by atoms with Gasteiger partial charge in [-0.1, -0.05) is 5.16 Å². The van der Waals surface area contributed by atoms with Crippen molar-refractivity contribution in [2.45, 2.75) is 25.4 Å². The fraction of sp³-hybridized carbons (Fsp3) is 0.385. The number of nitrogen functional groups attached to an aromatic ring is 1. The van der Waals surface area contributed by atoms with E-state index < -0.39 is 5.60 Å². The van der Waals surface area contributed by atoms with Gasteiger partial charge in [-0.3, -0.25) is 0 Å². The molecule has 6 heteroatoms. The van der Waals surface area contributed by atoms with E-state index in [0.29, 0.717) is 23.7 Å². The predicted molar refractivity (Wildman–Crippen MR) is 68.3 cm³/mol. The second-order valence-electron chi connectivity index (χ2n) is 4.88. The molecule has 1 aromatic heterocycles. The Morgan fingerprint density at radius 3 is 2.95 bits per heavy atom. The molecule has 0 spiro atoms. The molecule has 1 saturated heterocycles. The van der Waals surface area contributed by atoms with Crippen molar-refractivity contribution in [1.82, 2.24) is 10.1 Å². The SMILES string of the molecule is CC1(c2noc(-c3ccc(N)cc3O)n2)CCCO1. The number of phenolic OH excluding ortho intramolecular Hbond substituents is 1. The Kier molecular flexibility index (Phi) is 2.67. The summed E-state index contributed by atoms with van der Waals surface area (Å²) in [6.45, 7) is 2.64. The average Bonchev–Trinajstić information content (AvgIpc) is 2.99. The maximum absolute atomic E-state index is 9.84. The summed E-state index contributed by atoms with van der Waals surface area (Å²) in [6.07, 6.45) is 1.84. The van der Waals surface area contributed by atoms with Gasteiger partial charge in [-0.05, 0) is 31.9 Å². The molecule has 1 fully saturated rings. The van der Waals surface area contributed by atoms with Crippen molar-refractivity contribution in [2.75, 3.05) is 12.3 Å². The van der Waals surface area contributed by atoms with Crippen LogP contribution in [0.25, 0.3) is 11.5 Å². The van der Waals surface area contributed by atoms with Crippen molar-refractivity contribution in [3.63, 3.8) is 0 Å². The molecule has 0 aliphatic carbocycles. The third-order valence-electron chi connectivity index (χ3n) is 3.37. The highest BCUT2D eigenvalue weighted by Crippen LogP contribution is 2.36. The minimum absolute atomic E-state index is 0.0210. The van der Waals surface area contributed by atoms with Gasteiger partial charge in [0.25, 0.3) is 5.89 Å². The number of ether oxygens (including phenoxy) is 1. The number of nitrogens with zero attached hydrogens (tertiary/aromatic N) is 2. The molecule has 3 N–H and O–H groups in total. The Labute approximate surface area is 110 Å². The predicted octanol–water partition coefficient (Wildman–Crippen LogP) is 2.05. The molecule has 1 aromatic carbocycles. The molecule has 0 radical (unpaired) electrons. The molecule has 100 valence electrons. The number of aromatic nitrogens is 2. The molecule has 2 heterocycles. The molecular formula is C13H15N3O3. The van der Waals surface area contributed by atoms with Crippen molar-refractivity contribution in [3.05, 3.63) is 24.0 Å². The normalized spacial score (nSPS) is 22.8. The first-order chi connectivity index (χ1) is 9.08. The van der Waals surface area contributed by atoms with Crippen molar-refractivity contribution >= 4 is 5.69 Å². The Morgan fingerprint density at radius 2 is 2.26 bits per heavy atom. The highest BCUT2D eigenvalue weighted by Gasteiger charge is 2.36. The summed E-state index contributed by atoms with van der Waals surface area (Å²) in [5.74, 6) is 0.799. The van der Waals surface area contributed by atoms with Crippen molar-refractivity contribution in [3.8, 4) is 17.2 Å². The lowest BCUT2D eigenvalue weighted by molar-refractivity contribution is 0.00768. The molecule has 19 heavy (non-hydrogen) atoms. The number of benzene rings is 1. The molecular weight excluding hydrogens is 246 g/mol. The lowest BCUT2D eigenvalue weighted by Crippen LogP contribution is -2.21. The van der Waals surface area contributed by atoms with Crippen LogP contribution in [0.2, 0.25) is 0 Å². The summed E-state index contributed by atoms with van der Waals surface area (Å²) in [4.78, 5) is 4.32. The van der Waals surface area contributed by atoms with E-state index in [1.807, 2.05) is 6.92 Å². The van der Waals surface area contributed by atoms with E-state index in [4.69, 9.17) is 15.0 Å². The van der Waals surface area contributed by atoms with E-state index in [1.165, 1.54) is 6.07 Å². The van der Waals surface area contributed by atoms with E-state index in [9.17, 15) is 5.11 Å². The Bertz CT molecular complexity index is 603. The number of rotatable bonds is 2. The fourth-order valence-corrected chi connectivity index (χ4v) is 2.23. The summed E-state index contributed by atoms with van der Waals surface area (Å²) >= 11 is 0. The zero-order valence-electron chi connectivity index (χ0n) is 10.6. The van der Waals surface area contributed by atoms with Gasteiger partial charge in [-0.2, -0.15) is 4.98 Å². The molecule has 0 bridgehead atoms. The lowest BCUT2D eigenvalue weighted by atomic mass is 10.0. The van der Waals surface area contributed by atoms with E-state index >= 15 is 0 Å². The van der Waals surface area contributed by atoms with E-state index in [0.717, 1.165) is 12.8 Å². The first kappa shape index (κ1) is 12.0. The standard InChI is InChI=1S/C13H15N3O3/c1-13(5-2-6-18-13)12-15-11(19-16-12)9-4-3-8(14)7-10(9)17/h3-4,7,17H,2,5-6,14H2,1H3. The van der Waals surface area contributed by atoms with Crippen LogP contribution in [0.4, 0.5) is 5.69 Å². The topological polar surface area (TPSA) is 94.4 Å². The summed E-state index contributed by atoms with van der Waals surface area (Å²) < 4.78 is 10.9. The van der Waals surface area contributed by atoms with Crippen LogP contribution >= 0.6 is 0 Å². The van der Waals surface area contributed by atoms with Crippen molar-refractivity contribution in [2.24, 2.45) is 0 Å². The Morgan fingerprint density at radius 1 is 1.42 bits per heavy atom. The summed E-state index contributed by atoms with van der Waals surface area (Å²) in [5.41, 5.74) is 6.04. The quantitative estimate of drug-likeness (QED) is 0.803. The van der Waals surface area contributed by atoms with Gasteiger partial charge in [0.2, 0.25) is 5.82 Å². The number of aromatic hydroxyl groups is 1. The van der Waals surface area contributed by atoms with Crippen LogP contribution in [0.5, 0.6) is 5.75 Å². The van der Waals surface area contributed by atoms with Gasteiger partial charge in [-0.15, -0.1) is 0 Å². The molecule has 1 atom stereocenters. The lowest BCUT2D eigenvalue weighted by Gasteiger charge is -2.17.